The lowest BCUT2D eigenvalue weighted by Gasteiger charge is -2.05. The second-order valence-electron chi connectivity index (χ2n) is 3.54. The van der Waals surface area contributed by atoms with E-state index in [0.29, 0.717) is 0 Å². The molecule has 0 fully saturated rings. The van der Waals surface area contributed by atoms with E-state index in [4.69, 9.17) is 26.5 Å². The first-order valence-corrected chi connectivity index (χ1v) is 5.09. The molecule has 0 heterocycles. The molecule has 1 rings (SSSR count). The molecule has 0 aromatic heterocycles. The predicted molar refractivity (Wildman–Crippen MR) is 71.5 cm³/mol. The van der Waals surface area contributed by atoms with E-state index in [1.807, 2.05) is 0 Å². The van der Waals surface area contributed by atoms with E-state index in [2.05, 4.69) is 10.5 Å². The molecule has 0 bridgehead atoms. The Hall–Kier alpha value is -2.97. The van der Waals surface area contributed by atoms with E-state index in [1.54, 1.807) is 6.07 Å². The van der Waals surface area contributed by atoms with Crippen molar-refractivity contribution in [2.45, 2.75) is 0 Å². The van der Waals surface area contributed by atoms with E-state index in [9.17, 15) is 10.1 Å². The fourth-order valence-corrected chi connectivity index (χ4v) is 1.22. The Labute approximate surface area is 112 Å². The second-order valence-corrected chi connectivity index (χ2v) is 3.54. The van der Waals surface area contributed by atoms with Gasteiger partial charge in [-0.05, 0) is 11.5 Å². The number of nitro groups is 1. The third-order valence-electron chi connectivity index (χ3n) is 2.11. The molecular formula is C9H9BN6O4. The first-order chi connectivity index (χ1) is 9.35. The van der Waals surface area contributed by atoms with Gasteiger partial charge in [0.05, 0.1) is 10.6 Å². The summed E-state index contributed by atoms with van der Waals surface area (Å²) in [7, 11) is -1.90. The number of nitrogens with two attached hydrogens (primary N) is 1. The number of amidine groups is 1. The van der Waals surface area contributed by atoms with E-state index >= 15 is 0 Å². The van der Waals surface area contributed by atoms with Gasteiger partial charge in [-0.3, -0.25) is 20.9 Å². The number of non-ortho nitro benzene ring substituents is 1. The molecule has 1 aromatic carbocycles. The smallest absolute Gasteiger partial charge is 0.423 e. The minimum Gasteiger partial charge on any atom is -0.423 e. The highest BCUT2D eigenvalue weighted by Gasteiger charge is 2.17. The van der Waals surface area contributed by atoms with Gasteiger partial charge in [0.15, 0.2) is 5.84 Å². The molecule has 11 heteroatoms. The summed E-state index contributed by atoms with van der Waals surface area (Å²) in [5.74, 6) is -0.576. The molecule has 0 saturated heterocycles. The first-order valence-electron chi connectivity index (χ1n) is 5.09. The SMILES string of the molecule is N#C/C(=N\Nc1cc(B(O)O)cc([N+](=O)[O-])c1)C(=N)N. The Balaban J connectivity index is 3.15. The molecule has 6 N–H and O–H groups in total. The molecule has 0 radical (unpaired) electrons. The number of nitrogens with zero attached hydrogens (tertiary/aromatic N) is 3. The van der Waals surface area contributed by atoms with Crippen molar-refractivity contribution in [2.24, 2.45) is 10.8 Å². The van der Waals surface area contributed by atoms with Crippen LogP contribution >= 0.6 is 0 Å². The van der Waals surface area contributed by atoms with E-state index in [0.717, 1.165) is 12.1 Å². The number of nitriles is 1. The molecule has 1 aromatic rings. The molecule has 0 spiro atoms. The zero-order valence-electron chi connectivity index (χ0n) is 9.94. The van der Waals surface area contributed by atoms with Crippen LogP contribution in [0.25, 0.3) is 0 Å². The molecule has 0 atom stereocenters. The van der Waals surface area contributed by atoms with Gasteiger partial charge in [0, 0.05) is 12.1 Å². The summed E-state index contributed by atoms with van der Waals surface area (Å²) in [6.07, 6.45) is 0. The lowest BCUT2D eigenvalue weighted by Crippen LogP contribution is -2.30. The average Bonchev–Trinajstić information content (AvgIpc) is 2.38. The fraction of sp³-hybridized carbons (Fsp3) is 0. The Bertz CT molecular complexity index is 623. The maximum Gasteiger partial charge on any atom is 0.488 e. The molecule has 0 saturated carbocycles. The number of nitrogens with one attached hydrogen (secondary N) is 2. The monoisotopic (exact) mass is 276 g/mol. The number of hydrogen-bond donors (Lipinski definition) is 5. The summed E-state index contributed by atoms with van der Waals surface area (Å²) in [6, 6.07) is 4.80. The molecule has 0 aliphatic heterocycles. The van der Waals surface area contributed by atoms with Crippen LogP contribution < -0.4 is 16.6 Å². The summed E-state index contributed by atoms with van der Waals surface area (Å²) in [5.41, 5.74) is 6.46. The van der Waals surface area contributed by atoms with Gasteiger partial charge in [-0.1, -0.05) is 0 Å². The molecule has 0 aliphatic carbocycles. The lowest BCUT2D eigenvalue weighted by atomic mass is 9.80. The summed E-state index contributed by atoms with van der Waals surface area (Å²) in [4.78, 5) is 9.98. The Kier molecular flexibility index (Phi) is 4.74. The molecule has 0 unspecified atom stereocenters. The molecular weight excluding hydrogens is 267 g/mol. The number of rotatable bonds is 5. The Morgan fingerprint density at radius 1 is 1.55 bits per heavy atom. The normalized spacial score (nSPS) is 10.6. The summed E-state index contributed by atoms with van der Waals surface area (Å²) in [6.45, 7) is 0. The van der Waals surface area contributed by atoms with Crippen LogP contribution in [0.15, 0.2) is 23.3 Å². The van der Waals surface area contributed by atoms with Crippen LogP contribution in [0.2, 0.25) is 0 Å². The van der Waals surface area contributed by atoms with Crippen LogP contribution in [0.3, 0.4) is 0 Å². The van der Waals surface area contributed by atoms with Crippen molar-refractivity contribution in [3.05, 3.63) is 28.3 Å². The standard InChI is InChI=1S/C9H9BN6O4/c11-4-8(9(12)13)15-14-6-1-5(10(17)18)2-7(3-6)16(19)20/h1-3,14,17-18H,(H3,12,13)/b15-8+. The van der Waals surface area contributed by atoms with Crippen LogP contribution in [0, 0.1) is 26.9 Å². The zero-order valence-corrected chi connectivity index (χ0v) is 9.94. The summed E-state index contributed by atoms with van der Waals surface area (Å²) >= 11 is 0. The minimum atomic E-state index is -1.90. The van der Waals surface area contributed by atoms with Gasteiger partial charge >= 0.3 is 7.12 Å². The van der Waals surface area contributed by atoms with Crippen molar-refractivity contribution < 1.29 is 15.0 Å². The van der Waals surface area contributed by atoms with E-state index in [1.165, 1.54) is 6.07 Å². The quantitative estimate of drug-likeness (QED) is 0.142. The van der Waals surface area contributed by atoms with Crippen molar-refractivity contribution in [1.82, 2.24) is 0 Å². The molecule has 0 aliphatic rings. The maximum absolute atomic E-state index is 10.7. The highest BCUT2D eigenvalue weighted by atomic mass is 16.6. The zero-order chi connectivity index (χ0) is 15.3. The highest BCUT2D eigenvalue weighted by molar-refractivity contribution is 6.58. The van der Waals surface area contributed by atoms with Crippen LogP contribution in [-0.2, 0) is 0 Å². The van der Waals surface area contributed by atoms with Crippen molar-refractivity contribution in [2.75, 3.05) is 5.43 Å². The molecule has 10 nitrogen and oxygen atoms in total. The number of hydrogen-bond acceptors (Lipinski definition) is 8. The van der Waals surface area contributed by atoms with Gasteiger partial charge in [-0.2, -0.15) is 10.4 Å². The van der Waals surface area contributed by atoms with Gasteiger partial charge in [-0.15, -0.1) is 0 Å². The second kappa shape index (κ2) is 6.27. The number of anilines is 1. The third kappa shape index (κ3) is 3.77. The van der Waals surface area contributed by atoms with Gasteiger partial charge in [0.2, 0.25) is 5.71 Å². The fourth-order valence-electron chi connectivity index (χ4n) is 1.22. The van der Waals surface area contributed by atoms with Gasteiger partial charge in [0.25, 0.3) is 5.69 Å². The van der Waals surface area contributed by atoms with E-state index < -0.39 is 29.3 Å². The lowest BCUT2D eigenvalue weighted by molar-refractivity contribution is -0.384. The third-order valence-corrected chi connectivity index (χ3v) is 2.11. The van der Waals surface area contributed by atoms with Gasteiger partial charge in [-0.25, -0.2) is 0 Å². The number of benzene rings is 1. The molecule has 20 heavy (non-hydrogen) atoms. The number of nitro benzene ring substituents is 1. The largest absolute Gasteiger partial charge is 0.488 e. The van der Waals surface area contributed by atoms with Crippen molar-refractivity contribution in [3.8, 4) is 6.07 Å². The van der Waals surface area contributed by atoms with Crippen LogP contribution in [-0.4, -0.2) is 33.6 Å². The predicted octanol–water partition coefficient (Wildman–Crippen LogP) is -1.50. The average molecular weight is 276 g/mol. The molecule has 0 amide bonds. The highest BCUT2D eigenvalue weighted by Crippen LogP contribution is 2.16. The van der Waals surface area contributed by atoms with Crippen LogP contribution in [0.1, 0.15) is 0 Å². The van der Waals surface area contributed by atoms with Crippen LogP contribution in [0.5, 0.6) is 0 Å². The maximum atomic E-state index is 10.7. The Morgan fingerprint density at radius 2 is 2.20 bits per heavy atom. The first kappa shape index (κ1) is 15.1. The minimum absolute atomic E-state index is 0.0382. The summed E-state index contributed by atoms with van der Waals surface area (Å²) in [5, 5.41) is 47.9. The van der Waals surface area contributed by atoms with Crippen molar-refractivity contribution >= 4 is 35.5 Å². The topological polar surface area (TPSA) is 182 Å². The van der Waals surface area contributed by atoms with Crippen molar-refractivity contribution in [1.29, 1.82) is 10.7 Å². The number of hydrazone groups is 1. The van der Waals surface area contributed by atoms with Crippen LogP contribution in [0.4, 0.5) is 11.4 Å². The summed E-state index contributed by atoms with van der Waals surface area (Å²) < 4.78 is 0. The Morgan fingerprint density at radius 3 is 2.65 bits per heavy atom. The van der Waals surface area contributed by atoms with Gasteiger partial charge < -0.3 is 15.8 Å². The van der Waals surface area contributed by atoms with E-state index in [-0.39, 0.29) is 11.2 Å². The molecule has 102 valence electrons. The van der Waals surface area contributed by atoms with Gasteiger partial charge in [0.1, 0.15) is 6.07 Å². The van der Waals surface area contributed by atoms with Crippen molar-refractivity contribution in [3.63, 3.8) is 0 Å².